The number of ether oxygens (including phenoxy) is 1. The molecule has 0 spiro atoms. The van der Waals surface area contributed by atoms with Crippen molar-refractivity contribution in [1.82, 2.24) is 10.2 Å². The summed E-state index contributed by atoms with van der Waals surface area (Å²) in [4.78, 5) is 14.8. The highest BCUT2D eigenvalue weighted by atomic mass is 16.5. The Morgan fingerprint density at radius 1 is 1.40 bits per heavy atom. The summed E-state index contributed by atoms with van der Waals surface area (Å²) in [5.74, 6) is 1.05. The Bertz CT molecular complexity index is 320. The molecule has 0 aromatic carbocycles. The number of piperidine rings is 1. The van der Waals surface area contributed by atoms with Crippen LogP contribution in [-0.2, 0) is 9.53 Å². The van der Waals surface area contributed by atoms with Gasteiger partial charge in [-0.2, -0.15) is 0 Å². The molecule has 2 aliphatic heterocycles. The molecule has 3 unspecified atom stereocenters. The first-order chi connectivity index (χ1) is 9.61. The molecule has 0 aromatic heterocycles. The van der Waals surface area contributed by atoms with Crippen LogP contribution in [0.4, 0.5) is 0 Å². The topological polar surface area (TPSA) is 41.6 Å². The lowest BCUT2D eigenvalue weighted by atomic mass is 9.93. The maximum atomic E-state index is 12.7. The fourth-order valence-corrected chi connectivity index (χ4v) is 3.40. The zero-order valence-corrected chi connectivity index (χ0v) is 13.2. The van der Waals surface area contributed by atoms with Crippen LogP contribution in [0.25, 0.3) is 0 Å². The largest absolute Gasteiger partial charge is 0.377 e. The van der Waals surface area contributed by atoms with Crippen molar-refractivity contribution in [2.45, 2.75) is 58.6 Å². The molecule has 4 heteroatoms. The Balaban J connectivity index is 1.86. The number of hydrogen-bond acceptors (Lipinski definition) is 3. The van der Waals surface area contributed by atoms with Crippen molar-refractivity contribution < 1.29 is 9.53 Å². The first-order valence-electron chi connectivity index (χ1n) is 8.25. The molecule has 2 heterocycles. The SMILES string of the molecule is CCC1OCCC1C(=O)N1CCCC(CNC(C)C)C1. The summed E-state index contributed by atoms with van der Waals surface area (Å²) in [6.45, 7) is 10.1. The Hall–Kier alpha value is -0.610. The predicted molar refractivity (Wildman–Crippen MR) is 80.6 cm³/mol. The van der Waals surface area contributed by atoms with Gasteiger partial charge in [-0.15, -0.1) is 0 Å². The summed E-state index contributed by atoms with van der Waals surface area (Å²) in [6, 6.07) is 0.522. The van der Waals surface area contributed by atoms with Gasteiger partial charge in [0.2, 0.25) is 5.91 Å². The summed E-state index contributed by atoms with van der Waals surface area (Å²) >= 11 is 0. The van der Waals surface area contributed by atoms with Crippen molar-refractivity contribution >= 4 is 5.91 Å². The average molecular weight is 282 g/mol. The fourth-order valence-electron chi connectivity index (χ4n) is 3.40. The summed E-state index contributed by atoms with van der Waals surface area (Å²) in [6.07, 6.45) is 4.38. The molecule has 2 saturated heterocycles. The minimum Gasteiger partial charge on any atom is -0.377 e. The van der Waals surface area contributed by atoms with Crippen molar-refractivity contribution in [2.75, 3.05) is 26.2 Å². The van der Waals surface area contributed by atoms with Crippen molar-refractivity contribution in [3.8, 4) is 0 Å². The zero-order valence-electron chi connectivity index (χ0n) is 13.2. The number of rotatable bonds is 5. The zero-order chi connectivity index (χ0) is 14.5. The van der Waals surface area contributed by atoms with Gasteiger partial charge in [0.25, 0.3) is 0 Å². The van der Waals surface area contributed by atoms with Crippen LogP contribution in [0.15, 0.2) is 0 Å². The van der Waals surface area contributed by atoms with E-state index in [1.165, 1.54) is 6.42 Å². The van der Waals surface area contributed by atoms with E-state index in [9.17, 15) is 4.79 Å². The third-order valence-electron chi connectivity index (χ3n) is 4.57. The van der Waals surface area contributed by atoms with Crippen LogP contribution in [0, 0.1) is 11.8 Å². The molecule has 0 aliphatic carbocycles. The van der Waals surface area contributed by atoms with Gasteiger partial charge in [0, 0.05) is 25.7 Å². The number of carbonyl (C=O) groups excluding carboxylic acids is 1. The van der Waals surface area contributed by atoms with Crippen LogP contribution in [0.3, 0.4) is 0 Å². The first-order valence-corrected chi connectivity index (χ1v) is 8.25. The molecule has 2 fully saturated rings. The monoisotopic (exact) mass is 282 g/mol. The van der Waals surface area contributed by atoms with Crippen LogP contribution in [0.2, 0.25) is 0 Å². The highest BCUT2D eigenvalue weighted by Gasteiger charge is 2.36. The summed E-state index contributed by atoms with van der Waals surface area (Å²) in [5.41, 5.74) is 0. The lowest BCUT2D eigenvalue weighted by Gasteiger charge is -2.35. The number of nitrogens with zero attached hydrogens (tertiary/aromatic N) is 1. The molecular formula is C16H30N2O2. The van der Waals surface area contributed by atoms with Crippen LogP contribution in [0.1, 0.15) is 46.5 Å². The molecule has 20 heavy (non-hydrogen) atoms. The third-order valence-corrected chi connectivity index (χ3v) is 4.57. The van der Waals surface area contributed by atoms with Gasteiger partial charge < -0.3 is 15.0 Å². The lowest BCUT2D eigenvalue weighted by Crippen LogP contribution is -2.47. The highest BCUT2D eigenvalue weighted by molar-refractivity contribution is 5.79. The Morgan fingerprint density at radius 2 is 2.20 bits per heavy atom. The van der Waals surface area contributed by atoms with E-state index in [-0.39, 0.29) is 12.0 Å². The van der Waals surface area contributed by atoms with Crippen LogP contribution >= 0.6 is 0 Å². The second-order valence-corrected chi connectivity index (χ2v) is 6.57. The molecule has 3 atom stereocenters. The van der Waals surface area contributed by atoms with Crippen molar-refractivity contribution in [2.24, 2.45) is 11.8 Å². The summed E-state index contributed by atoms with van der Waals surface area (Å²) < 4.78 is 5.67. The van der Waals surface area contributed by atoms with Gasteiger partial charge in [-0.05, 0) is 38.1 Å². The molecule has 0 aromatic rings. The van der Waals surface area contributed by atoms with Crippen molar-refractivity contribution in [1.29, 1.82) is 0 Å². The number of likely N-dealkylation sites (tertiary alicyclic amines) is 1. The minimum atomic E-state index is 0.108. The van der Waals surface area contributed by atoms with Crippen molar-refractivity contribution in [3.63, 3.8) is 0 Å². The van der Waals surface area contributed by atoms with Crippen LogP contribution in [-0.4, -0.2) is 49.2 Å². The number of amides is 1. The van der Waals surface area contributed by atoms with Gasteiger partial charge in [-0.3, -0.25) is 4.79 Å². The molecule has 0 radical (unpaired) electrons. The average Bonchev–Trinajstić information content (AvgIpc) is 2.93. The van der Waals surface area contributed by atoms with E-state index >= 15 is 0 Å². The predicted octanol–water partition coefficient (Wildman–Crippen LogP) is 2.04. The summed E-state index contributed by atoms with van der Waals surface area (Å²) in [5, 5.41) is 3.50. The number of nitrogens with one attached hydrogen (secondary N) is 1. The lowest BCUT2D eigenvalue weighted by molar-refractivity contribution is -0.139. The second kappa shape index (κ2) is 7.41. The smallest absolute Gasteiger partial charge is 0.228 e. The fraction of sp³-hybridized carbons (Fsp3) is 0.938. The van der Waals surface area contributed by atoms with E-state index in [2.05, 4.69) is 31.0 Å². The van der Waals surface area contributed by atoms with Crippen LogP contribution in [0.5, 0.6) is 0 Å². The van der Waals surface area contributed by atoms with Gasteiger partial charge in [0.05, 0.1) is 12.0 Å². The normalized spacial score (nSPS) is 31.0. The van der Waals surface area contributed by atoms with Gasteiger partial charge in [-0.25, -0.2) is 0 Å². The maximum Gasteiger partial charge on any atom is 0.228 e. The number of hydrogen-bond donors (Lipinski definition) is 1. The van der Waals surface area contributed by atoms with Gasteiger partial charge in [0.1, 0.15) is 0 Å². The van der Waals surface area contributed by atoms with E-state index < -0.39 is 0 Å². The third kappa shape index (κ3) is 3.95. The molecule has 116 valence electrons. The highest BCUT2D eigenvalue weighted by Crippen LogP contribution is 2.27. The molecule has 2 aliphatic rings. The Labute approximate surface area is 123 Å². The van der Waals surface area contributed by atoms with Gasteiger partial charge in [0.15, 0.2) is 0 Å². The Kier molecular flexibility index (Phi) is 5.85. The number of carbonyl (C=O) groups is 1. The molecule has 0 bridgehead atoms. The molecule has 2 rings (SSSR count). The molecule has 0 saturated carbocycles. The quantitative estimate of drug-likeness (QED) is 0.839. The van der Waals surface area contributed by atoms with E-state index in [1.807, 2.05) is 0 Å². The molecule has 1 N–H and O–H groups in total. The molecular weight excluding hydrogens is 252 g/mol. The van der Waals surface area contributed by atoms with Gasteiger partial charge >= 0.3 is 0 Å². The van der Waals surface area contributed by atoms with E-state index in [0.717, 1.165) is 45.5 Å². The van der Waals surface area contributed by atoms with Crippen LogP contribution < -0.4 is 5.32 Å². The van der Waals surface area contributed by atoms with Crippen molar-refractivity contribution in [3.05, 3.63) is 0 Å². The minimum absolute atomic E-state index is 0.108. The van der Waals surface area contributed by atoms with E-state index in [4.69, 9.17) is 4.74 Å². The molecule has 4 nitrogen and oxygen atoms in total. The standard InChI is InChI=1S/C16H30N2O2/c1-4-15-14(7-9-20-15)16(19)18-8-5-6-13(11-18)10-17-12(2)3/h12-15,17H,4-11H2,1-3H3. The molecule has 1 amide bonds. The summed E-state index contributed by atoms with van der Waals surface area (Å²) in [7, 11) is 0. The van der Waals surface area contributed by atoms with Gasteiger partial charge in [-0.1, -0.05) is 20.8 Å². The maximum absolute atomic E-state index is 12.7. The first kappa shape index (κ1) is 15.8. The van der Waals surface area contributed by atoms with E-state index in [1.54, 1.807) is 0 Å². The Morgan fingerprint density at radius 3 is 2.90 bits per heavy atom. The van der Waals surface area contributed by atoms with E-state index in [0.29, 0.717) is 17.9 Å². The second-order valence-electron chi connectivity index (χ2n) is 6.57.